The van der Waals surface area contributed by atoms with Crippen LogP contribution in [0, 0.1) is 0 Å². The monoisotopic (exact) mass is 241 g/mol. The highest BCUT2D eigenvalue weighted by Gasteiger charge is 2.16. The number of hydrogen-bond donors (Lipinski definition) is 2. The Bertz CT molecular complexity index is 410. The molecular formula is C10H11NO4S. The first-order valence-corrected chi connectivity index (χ1v) is 5.59. The molecule has 6 heteroatoms. The lowest BCUT2D eigenvalue weighted by Crippen LogP contribution is -2.25. The van der Waals surface area contributed by atoms with Crippen LogP contribution in [0.15, 0.2) is 23.1 Å². The molecule has 1 atom stereocenters. The Balaban J connectivity index is 2.14. The molecule has 0 bridgehead atoms. The number of carbonyl (C=O) groups is 1. The predicted molar refractivity (Wildman–Crippen MR) is 58.9 cm³/mol. The van der Waals surface area contributed by atoms with Crippen molar-refractivity contribution in [3.05, 3.63) is 18.2 Å². The Hall–Kier alpha value is -1.40. The third-order valence-corrected chi connectivity index (χ3v) is 3.00. The van der Waals surface area contributed by atoms with Crippen LogP contribution < -0.4 is 15.2 Å². The highest BCUT2D eigenvalue weighted by Crippen LogP contribution is 2.34. The zero-order valence-electron chi connectivity index (χ0n) is 8.38. The van der Waals surface area contributed by atoms with E-state index in [0.717, 1.165) is 16.7 Å². The summed E-state index contributed by atoms with van der Waals surface area (Å²) in [6.07, 6.45) is 0. The van der Waals surface area contributed by atoms with Gasteiger partial charge < -0.3 is 20.3 Å². The van der Waals surface area contributed by atoms with Crippen LogP contribution in [-0.4, -0.2) is 29.7 Å². The molecule has 0 saturated heterocycles. The second kappa shape index (κ2) is 4.63. The van der Waals surface area contributed by atoms with Crippen LogP contribution in [0.4, 0.5) is 0 Å². The van der Waals surface area contributed by atoms with Crippen molar-refractivity contribution in [1.82, 2.24) is 0 Å². The molecule has 0 aromatic heterocycles. The van der Waals surface area contributed by atoms with Crippen molar-refractivity contribution >= 4 is 17.7 Å². The van der Waals surface area contributed by atoms with Gasteiger partial charge >= 0.3 is 5.97 Å². The van der Waals surface area contributed by atoms with Gasteiger partial charge in [0.1, 0.15) is 13.2 Å². The number of thioether (sulfide) groups is 1. The molecule has 16 heavy (non-hydrogen) atoms. The molecule has 0 amide bonds. The lowest BCUT2D eigenvalue weighted by Gasteiger charge is -2.19. The van der Waals surface area contributed by atoms with Crippen molar-refractivity contribution in [2.24, 2.45) is 5.73 Å². The van der Waals surface area contributed by atoms with Crippen LogP contribution >= 0.6 is 11.8 Å². The first-order valence-electron chi connectivity index (χ1n) is 4.71. The quantitative estimate of drug-likeness (QED) is 0.605. The van der Waals surface area contributed by atoms with Crippen LogP contribution in [0.25, 0.3) is 0 Å². The van der Waals surface area contributed by atoms with Gasteiger partial charge in [0.05, 0.1) is 0 Å². The van der Waals surface area contributed by atoms with Gasteiger partial charge in [-0.3, -0.25) is 0 Å². The fourth-order valence-corrected chi connectivity index (χ4v) is 2.01. The SMILES string of the molecule is NC(Sc1ccc2c(c1)OCCO2)C(=O)O. The van der Waals surface area contributed by atoms with E-state index in [1.807, 2.05) is 0 Å². The zero-order chi connectivity index (χ0) is 11.5. The summed E-state index contributed by atoms with van der Waals surface area (Å²) in [5, 5.41) is 7.71. The van der Waals surface area contributed by atoms with Crippen LogP contribution in [0.1, 0.15) is 0 Å². The minimum atomic E-state index is -1.04. The van der Waals surface area contributed by atoms with Gasteiger partial charge in [0.25, 0.3) is 0 Å². The molecule has 1 aromatic carbocycles. The summed E-state index contributed by atoms with van der Waals surface area (Å²) in [6, 6.07) is 5.26. The highest BCUT2D eigenvalue weighted by atomic mass is 32.2. The molecule has 0 fully saturated rings. The lowest BCUT2D eigenvalue weighted by molar-refractivity contribution is -0.136. The minimum absolute atomic E-state index is 0.506. The molecule has 0 aliphatic carbocycles. The van der Waals surface area contributed by atoms with Gasteiger partial charge in [-0.2, -0.15) is 0 Å². The lowest BCUT2D eigenvalue weighted by atomic mass is 10.3. The van der Waals surface area contributed by atoms with Gasteiger partial charge in [0, 0.05) is 4.90 Å². The highest BCUT2D eigenvalue weighted by molar-refractivity contribution is 8.00. The molecule has 1 unspecified atom stereocenters. The van der Waals surface area contributed by atoms with Crippen LogP contribution in [0.2, 0.25) is 0 Å². The fraction of sp³-hybridized carbons (Fsp3) is 0.300. The van der Waals surface area contributed by atoms with Gasteiger partial charge in [-0.1, -0.05) is 11.8 Å². The number of carboxylic acid groups (broad SMARTS) is 1. The van der Waals surface area contributed by atoms with E-state index in [9.17, 15) is 4.79 Å². The van der Waals surface area contributed by atoms with E-state index in [4.69, 9.17) is 20.3 Å². The topological polar surface area (TPSA) is 81.8 Å². The maximum Gasteiger partial charge on any atom is 0.331 e. The summed E-state index contributed by atoms with van der Waals surface area (Å²) >= 11 is 1.07. The Labute approximate surface area is 96.5 Å². The summed E-state index contributed by atoms with van der Waals surface area (Å²) in [5.74, 6) is 0.272. The molecule has 0 radical (unpaired) electrons. The third kappa shape index (κ3) is 2.40. The molecule has 3 N–H and O–H groups in total. The molecule has 0 spiro atoms. The van der Waals surface area contributed by atoms with Crippen molar-refractivity contribution in [3.8, 4) is 11.5 Å². The van der Waals surface area contributed by atoms with E-state index >= 15 is 0 Å². The molecule has 0 saturated carbocycles. The number of aliphatic carboxylic acids is 1. The summed E-state index contributed by atoms with van der Waals surface area (Å²) in [4.78, 5) is 11.3. The van der Waals surface area contributed by atoms with E-state index < -0.39 is 11.3 Å². The number of benzene rings is 1. The van der Waals surface area contributed by atoms with Crippen molar-refractivity contribution in [3.63, 3.8) is 0 Å². The number of hydrogen-bond acceptors (Lipinski definition) is 5. The fourth-order valence-electron chi connectivity index (χ4n) is 1.29. The summed E-state index contributed by atoms with van der Waals surface area (Å²) in [7, 11) is 0. The van der Waals surface area contributed by atoms with Crippen LogP contribution in [0.3, 0.4) is 0 Å². The maximum atomic E-state index is 10.6. The maximum absolute atomic E-state index is 10.6. The van der Waals surface area contributed by atoms with E-state index in [1.54, 1.807) is 18.2 Å². The van der Waals surface area contributed by atoms with Gasteiger partial charge in [-0.05, 0) is 18.2 Å². The van der Waals surface area contributed by atoms with Crippen LogP contribution in [0.5, 0.6) is 11.5 Å². The summed E-state index contributed by atoms with van der Waals surface area (Å²) in [6.45, 7) is 1.04. The number of rotatable bonds is 3. The third-order valence-electron chi connectivity index (χ3n) is 2.02. The van der Waals surface area contributed by atoms with Crippen molar-refractivity contribution < 1.29 is 19.4 Å². The van der Waals surface area contributed by atoms with E-state index in [0.29, 0.717) is 24.7 Å². The minimum Gasteiger partial charge on any atom is -0.486 e. The molecule has 1 aromatic rings. The normalized spacial score (nSPS) is 15.6. The van der Waals surface area contributed by atoms with E-state index in [-0.39, 0.29) is 0 Å². The molecule has 2 rings (SSSR count). The zero-order valence-corrected chi connectivity index (χ0v) is 9.20. The van der Waals surface area contributed by atoms with E-state index in [1.165, 1.54) is 0 Å². The number of fused-ring (bicyclic) bond motifs is 1. The molecule has 1 heterocycles. The number of nitrogens with two attached hydrogens (primary N) is 1. The van der Waals surface area contributed by atoms with Gasteiger partial charge in [-0.25, -0.2) is 4.79 Å². The Morgan fingerprint density at radius 1 is 1.38 bits per heavy atom. The van der Waals surface area contributed by atoms with Gasteiger partial charge in [-0.15, -0.1) is 0 Å². The summed E-state index contributed by atoms with van der Waals surface area (Å²) < 4.78 is 10.7. The Morgan fingerprint density at radius 2 is 2.06 bits per heavy atom. The smallest absolute Gasteiger partial charge is 0.331 e. The van der Waals surface area contributed by atoms with Crippen molar-refractivity contribution in [2.45, 2.75) is 10.3 Å². The number of ether oxygens (including phenoxy) is 2. The standard InChI is InChI=1S/C10H11NO4S/c11-9(10(12)13)16-6-1-2-7-8(5-6)15-4-3-14-7/h1-2,5,9H,3-4,11H2,(H,12,13). The van der Waals surface area contributed by atoms with Gasteiger partial charge in [0.2, 0.25) is 0 Å². The first-order chi connectivity index (χ1) is 7.66. The molecule has 5 nitrogen and oxygen atoms in total. The second-order valence-corrected chi connectivity index (χ2v) is 4.40. The second-order valence-electron chi connectivity index (χ2n) is 3.18. The summed E-state index contributed by atoms with van der Waals surface area (Å²) in [5.41, 5.74) is 5.42. The van der Waals surface area contributed by atoms with Crippen molar-refractivity contribution in [1.29, 1.82) is 0 Å². The number of carboxylic acids is 1. The molecule has 86 valence electrons. The molecule has 1 aliphatic rings. The Morgan fingerprint density at radius 3 is 2.75 bits per heavy atom. The largest absolute Gasteiger partial charge is 0.486 e. The van der Waals surface area contributed by atoms with E-state index in [2.05, 4.69) is 0 Å². The average molecular weight is 241 g/mol. The predicted octanol–water partition coefficient (Wildman–Crippen LogP) is 0.919. The van der Waals surface area contributed by atoms with Gasteiger partial charge in [0.15, 0.2) is 16.9 Å². The molecule has 1 aliphatic heterocycles. The Kier molecular flexibility index (Phi) is 3.21. The first kappa shape index (κ1) is 11.1. The van der Waals surface area contributed by atoms with Crippen LogP contribution in [-0.2, 0) is 4.79 Å². The molecular weight excluding hydrogens is 230 g/mol. The van der Waals surface area contributed by atoms with Crippen molar-refractivity contribution in [2.75, 3.05) is 13.2 Å². The average Bonchev–Trinajstić information content (AvgIpc) is 2.28.